The first kappa shape index (κ1) is 31.2. The summed E-state index contributed by atoms with van der Waals surface area (Å²) in [6.07, 6.45) is 0. The lowest BCUT2D eigenvalue weighted by Gasteiger charge is -2.29. The van der Waals surface area contributed by atoms with Gasteiger partial charge in [0.25, 0.3) is 0 Å². The standard InChI is InChI=1S/C52H33NO2/c1-4-16-34(17-5-1)37-30-31-44(42(32-37)35-18-6-2-7-19-35)53(45-26-15-29-48-50(45)40-24-12-13-28-47(40)54-48)46-27-14-25-41-49-39-23-11-10-22-38(39)33-43(52(49)55-51(41)46)36-20-8-3-9-21-36/h1-33H. The van der Waals surface area contributed by atoms with Gasteiger partial charge in [-0.05, 0) is 75.5 Å². The van der Waals surface area contributed by atoms with Gasteiger partial charge in [0.05, 0.1) is 22.4 Å². The molecule has 0 saturated heterocycles. The molecular weight excluding hydrogens is 671 g/mol. The van der Waals surface area contributed by atoms with Gasteiger partial charge >= 0.3 is 0 Å². The zero-order chi connectivity index (χ0) is 36.3. The maximum absolute atomic E-state index is 7.26. The molecule has 55 heavy (non-hydrogen) atoms. The Morgan fingerprint density at radius 3 is 1.69 bits per heavy atom. The molecule has 0 fully saturated rings. The SMILES string of the molecule is c1ccc(-c2ccc(N(c3cccc4c3oc3c(-c5ccccc5)cc5ccccc5c34)c3cccc4oc5ccccc5c34)c(-c3ccccc3)c2)cc1. The van der Waals surface area contributed by atoms with Gasteiger partial charge in [-0.2, -0.15) is 0 Å². The van der Waals surface area contributed by atoms with E-state index in [0.717, 1.165) is 88.8 Å². The van der Waals surface area contributed by atoms with Crippen molar-refractivity contribution in [3.63, 3.8) is 0 Å². The van der Waals surface area contributed by atoms with Crippen LogP contribution in [0.15, 0.2) is 209 Å². The summed E-state index contributed by atoms with van der Waals surface area (Å²) in [6, 6.07) is 70.8. The molecule has 0 atom stereocenters. The lowest BCUT2D eigenvalue weighted by Crippen LogP contribution is -2.12. The lowest BCUT2D eigenvalue weighted by atomic mass is 9.95. The van der Waals surface area contributed by atoms with Crippen LogP contribution < -0.4 is 4.90 Å². The van der Waals surface area contributed by atoms with Crippen molar-refractivity contribution in [2.45, 2.75) is 0 Å². The quantitative estimate of drug-likeness (QED) is 0.173. The average Bonchev–Trinajstić information content (AvgIpc) is 3.85. The van der Waals surface area contributed by atoms with Crippen LogP contribution in [0, 0.1) is 0 Å². The van der Waals surface area contributed by atoms with Crippen molar-refractivity contribution < 1.29 is 8.83 Å². The fraction of sp³-hybridized carbons (Fsp3) is 0. The van der Waals surface area contributed by atoms with Gasteiger partial charge in [0.15, 0.2) is 5.58 Å². The molecule has 0 radical (unpaired) electrons. The Morgan fingerprint density at radius 2 is 0.909 bits per heavy atom. The molecule has 11 aromatic rings. The molecule has 11 rings (SSSR count). The number of fused-ring (bicyclic) bond motifs is 8. The van der Waals surface area contributed by atoms with Crippen molar-refractivity contribution in [2.24, 2.45) is 0 Å². The maximum atomic E-state index is 7.26. The van der Waals surface area contributed by atoms with E-state index in [1.807, 2.05) is 12.1 Å². The number of furan rings is 2. The molecule has 9 aromatic carbocycles. The summed E-state index contributed by atoms with van der Waals surface area (Å²) in [5, 5.41) is 6.64. The third kappa shape index (κ3) is 5.05. The van der Waals surface area contributed by atoms with E-state index in [9.17, 15) is 0 Å². The Hall–Kier alpha value is -7.36. The van der Waals surface area contributed by atoms with E-state index in [2.05, 4.69) is 193 Å². The number of rotatable bonds is 6. The molecule has 0 unspecified atom stereocenters. The minimum atomic E-state index is 0.821. The molecule has 0 N–H and O–H groups in total. The highest BCUT2D eigenvalue weighted by molar-refractivity contribution is 6.25. The molecule has 0 bridgehead atoms. The van der Waals surface area contributed by atoms with Crippen molar-refractivity contribution in [1.82, 2.24) is 0 Å². The van der Waals surface area contributed by atoms with Crippen molar-refractivity contribution in [3.05, 3.63) is 200 Å². The van der Waals surface area contributed by atoms with Gasteiger partial charge in [-0.3, -0.25) is 0 Å². The summed E-state index contributed by atoms with van der Waals surface area (Å²) in [5.41, 5.74) is 13.1. The minimum absolute atomic E-state index is 0.821. The van der Waals surface area contributed by atoms with E-state index in [1.54, 1.807) is 0 Å². The first-order valence-electron chi connectivity index (χ1n) is 18.7. The molecule has 0 aliphatic rings. The van der Waals surface area contributed by atoms with Gasteiger partial charge in [0, 0.05) is 27.3 Å². The van der Waals surface area contributed by atoms with Crippen molar-refractivity contribution in [3.8, 4) is 33.4 Å². The summed E-state index contributed by atoms with van der Waals surface area (Å²) < 4.78 is 13.8. The highest BCUT2D eigenvalue weighted by Gasteiger charge is 2.26. The zero-order valence-electron chi connectivity index (χ0n) is 29.8. The van der Waals surface area contributed by atoms with E-state index in [-0.39, 0.29) is 0 Å². The van der Waals surface area contributed by atoms with Gasteiger partial charge in [0.1, 0.15) is 16.7 Å². The summed E-state index contributed by atoms with van der Waals surface area (Å²) >= 11 is 0. The summed E-state index contributed by atoms with van der Waals surface area (Å²) in [4.78, 5) is 2.39. The van der Waals surface area contributed by atoms with Crippen LogP contribution in [0.25, 0.3) is 88.0 Å². The van der Waals surface area contributed by atoms with E-state index >= 15 is 0 Å². The second-order valence-electron chi connectivity index (χ2n) is 14.0. The number of hydrogen-bond donors (Lipinski definition) is 0. The van der Waals surface area contributed by atoms with Crippen LogP contribution in [0.2, 0.25) is 0 Å². The van der Waals surface area contributed by atoms with Crippen LogP contribution in [0.4, 0.5) is 17.1 Å². The van der Waals surface area contributed by atoms with E-state index < -0.39 is 0 Å². The number of nitrogens with zero attached hydrogens (tertiary/aromatic N) is 1. The second kappa shape index (κ2) is 12.6. The number of anilines is 3. The van der Waals surface area contributed by atoms with Crippen molar-refractivity contribution in [2.75, 3.05) is 4.90 Å². The summed E-state index contributed by atoms with van der Waals surface area (Å²) in [7, 11) is 0. The van der Waals surface area contributed by atoms with E-state index in [4.69, 9.17) is 8.83 Å². The largest absolute Gasteiger partial charge is 0.456 e. The monoisotopic (exact) mass is 703 g/mol. The molecule has 0 aliphatic heterocycles. The maximum Gasteiger partial charge on any atom is 0.159 e. The zero-order valence-corrected chi connectivity index (χ0v) is 29.8. The van der Waals surface area contributed by atoms with Crippen molar-refractivity contribution >= 4 is 71.7 Å². The first-order chi connectivity index (χ1) is 27.3. The molecule has 2 aromatic heterocycles. The molecule has 0 amide bonds. The lowest BCUT2D eigenvalue weighted by molar-refractivity contribution is 0.668. The predicted octanol–water partition coefficient (Wildman–Crippen LogP) is 15.1. The van der Waals surface area contributed by atoms with E-state index in [1.165, 1.54) is 16.3 Å². The Morgan fingerprint density at radius 1 is 0.309 bits per heavy atom. The smallest absolute Gasteiger partial charge is 0.159 e. The molecular formula is C52H33NO2. The summed E-state index contributed by atoms with van der Waals surface area (Å²) in [6.45, 7) is 0. The van der Waals surface area contributed by atoms with Crippen LogP contribution in [0.1, 0.15) is 0 Å². The topological polar surface area (TPSA) is 29.5 Å². The highest BCUT2D eigenvalue weighted by Crippen LogP contribution is 2.51. The van der Waals surface area contributed by atoms with Gasteiger partial charge < -0.3 is 13.7 Å². The normalized spacial score (nSPS) is 11.6. The van der Waals surface area contributed by atoms with Gasteiger partial charge in [-0.15, -0.1) is 0 Å². The second-order valence-corrected chi connectivity index (χ2v) is 14.0. The highest BCUT2D eigenvalue weighted by atomic mass is 16.3. The summed E-state index contributed by atoms with van der Waals surface area (Å²) in [5.74, 6) is 0. The molecule has 2 heterocycles. The Balaban J connectivity index is 1.27. The fourth-order valence-electron chi connectivity index (χ4n) is 8.36. The Kier molecular flexibility index (Phi) is 7.17. The van der Waals surface area contributed by atoms with Gasteiger partial charge in [-0.1, -0.05) is 158 Å². The molecule has 0 saturated carbocycles. The van der Waals surface area contributed by atoms with Gasteiger partial charge in [-0.25, -0.2) is 0 Å². The third-order valence-corrected chi connectivity index (χ3v) is 10.8. The fourth-order valence-corrected chi connectivity index (χ4v) is 8.36. The number of para-hydroxylation sites is 2. The Labute approximate surface area is 317 Å². The van der Waals surface area contributed by atoms with E-state index in [0.29, 0.717) is 0 Å². The first-order valence-corrected chi connectivity index (χ1v) is 18.7. The van der Waals surface area contributed by atoms with Crippen LogP contribution in [-0.4, -0.2) is 0 Å². The minimum Gasteiger partial charge on any atom is -0.456 e. The molecule has 3 nitrogen and oxygen atoms in total. The van der Waals surface area contributed by atoms with Crippen LogP contribution in [0.3, 0.4) is 0 Å². The van der Waals surface area contributed by atoms with Crippen LogP contribution in [0.5, 0.6) is 0 Å². The molecule has 0 aliphatic carbocycles. The number of benzene rings is 9. The molecule has 3 heteroatoms. The number of hydrogen-bond acceptors (Lipinski definition) is 3. The average molecular weight is 704 g/mol. The Bertz CT molecular complexity index is 3200. The van der Waals surface area contributed by atoms with Crippen molar-refractivity contribution in [1.29, 1.82) is 0 Å². The molecule has 0 spiro atoms. The van der Waals surface area contributed by atoms with Gasteiger partial charge in [0.2, 0.25) is 0 Å². The third-order valence-electron chi connectivity index (χ3n) is 10.8. The molecule has 258 valence electrons. The van der Waals surface area contributed by atoms with Crippen LogP contribution >= 0.6 is 0 Å². The van der Waals surface area contributed by atoms with Crippen LogP contribution in [-0.2, 0) is 0 Å². The predicted molar refractivity (Wildman–Crippen MR) is 229 cm³/mol.